The lowest BCUT2D eigenvalue weighted by Gasteiger charge is -2.06. The number of fused-ring (bicyclic) bond motifs is 1. The summed E-state index contributed by atoms with van der Waals surface area (Å²) in [5.74, 6) is 0. The first-order chi connectivity index (χ1) is 6.83. The lowest BCUT2D eigenvalue weighted by molar-refractivity contribution is 0.977. The Morgan fingerprint density at radius 2 is 1.71 bits per heavy atom. The van der Waals surface area contributed by atoms with Gasteiger partial charge in [0.1, 0.15) is 0 Å². The van der Waals surface area contributed by atoms with E-state index in [2.05, 4.69) is 52.3 Å². The number of nitrogens with two attached hydrogens (primary N) is 1. The van der Waals surface area contributed by atoms with Crippen molar-refractivity contribution in [1.29, 1.82) is 0 Å². The van der Waals surface area contributed by atoms with Gasteiger partial charge in [0.25, 0.3) is 0 Å². The van der Waals surface area contributed by atoms with Crippen molar-refractivity contribution in [2.24, 2.45) is 5.73 Å². The summed E-state index contributed by atoms with van der Waals surface area (Å²) < 4.78 is 1.15. The summed E-state index contributed by atoms with van der Waals surface area (Å²) >= 11 is 3.55. The molecule has 0 unspecified atom stereocenters. The van der Waals surface area contributed by atoms with E-state index in [1.54, 1.807) is 0 Å². The molecule has 2 rings (SSSR count). The van der Waals surface area contributed by atoms with E-state index in [0.29, 0.717) is 6.54 Å². The minimum absolute atomic E-state index is 0.700. The van der Waals surface area contributed by atoms with Crippen LogP contribution in [0.5, 0.6) is 0 Å². The van der Waals surface area contributed by atoms with E-state index in [9.17, 15) is 0 Å². The molecule has 0 atom stereocenters. The van der Waals surface area contributed by atoms with Crippen molar-refractivity contribution in [3.8, 4) is 0 Å². The highest BCUT2D eigenvalue weighted by Gasteiger charge is 2.01. The van der Waals surface area contributed by atoms with Gasteiger partial charge in [-0.1, -0.05) is 46.3 Å². The van der Waals surface area contributed by atoms with E-state index in [1.807, 2.05) is 0 Å². The van der Waals surface area contributed by atoms with Crippen molar-refractivity contribution in [3.63, 3.8) is 0 Å². The van der Waals surface area contributed by atoms with Crippen LogP contribution in [0.3, 0.4) is 0 Å². The second kappa shape index (κ2) is 4.11. The predicted molar refractivity (Wildman–Crippen MR) is 64.4 cm³/mol. The molecule has 0 heterocycles. The van der Waals surface area contributed by atoms with Crippen LogP contribution in [0, 0.1) is 0 Å². The van der Waals surface area contributed by atoms with Crippen molar-refractivity contribution in [1.82, 2.24) is 0 Å². The van der Waals surface area contributed by atoms with Crippen LogP contribution >= 0.6 is 15.9 Å². The van der Waals surface area contributed by atoms with Crippen LogP contribution in [0.15, 0.2) is 40.9 Å². The molecule has 0 radical (unpaired) electrons. The lowest BCUT2D eigenvalue weighted by atomic mass is 10.0. The van der Waals surface area contributed by atoms with Crippen LogP contribution in [0.4, 0.5) is 0 Å². The van der Waals surface area contributed by atoms with Crippen LogP contribution in [0.2, 0.25) is 0 Å². The number of halogens is 1. The molecular weight excluding hydrogens is 238 g/mol. The lowest BCUT2D eigenvalue weighted by Crippen LogP contribution is -2.02. The van der Waals surface area contributed by atoms with E-state index < -0.39 is 0 Å². The Bertz CT molecular complexity index is 451. The highest BCUT2D eigenvalue weighted by Crippen LogP contribution is 2.26. The average molecular weight is 250 g/mol. The SMILES string of the molecule is NCCc1cccc2c(Br)cccc12. The van der Waals surface area contributed by atoms with Gasteiger partial charge < -0.3 is 5.73 Å². The Morgan fingerprint density at radius 1 is 1.00 bits per heavy atom. The molecule has 0 aliphatic carbocycles. The van der Waals surface area contributed by atoms with Crippen LogP contribution in [0.1, 0.15) is 5.56 Å². The van der Waals surface area contributed by atoms with Crippen molar-refractivity contribution < 1.29 is 0 Å². The highest BCUT2D eigenvalue weighted by atomic mass is 79.9. The zero-order valence-electron chi connectivity index (χ0n) is 7.83. The van der Waals surface area contributed by atoms with Gasteiger partial charge in [-0.2, -0.15) is 0 Å². The monoisotopic (exact) mass is 249 g/mol. The molecule has 0 aliphatic heterocycles. The first-order valence-corrected chi connectivity index (χ1v) is 5.48. The molecule has 0 fully saturated rings. The third-order valence-corrected chi connectivity index (χ3v) is 3.06. The summed E-state index contributed by atoms with van der Waals surface area (Å²) in [6.45, 7) is 0.700. The van der Waals surface area contributed by atoms with Gasteiger partial charge in [0.05, 0.1) is 0 Å². The molecular formula is C12H12BrN. The van der Waals surface area contributed by atoms with Crippen molar-refractivity contribution >= 4 is 26.7 Å². The molecule has 2 heteroatoms. The number of hydrogen-bond acceptors (Lipinski definition) is 1. The molecule has 2 aromatic carbocycles. The molecule has 72 valence electrons. The molecule has 0 bridgehead atoms. The average Bonchev–Trinajstić information content (AvgIpc) is 2.20. The van der Waals surface area contributed by atoms with E-state index in [4.69, 9.17) is 5.73 Å². The minimum Gasteiger partial charge on any atom is -0.330 e. The minimum atomic E-state index is 0.700. The Labute approximate surface area is 92.1 Å². The first-order valence-electron chi connectivity index (χ1n) is 4.69. The number of benzene rings is 2. The van der Waals surface area contributed by atoms with E-state index in [1.165, 1.54) is 16.3 Å². The molecule has 0 spiro atoms. The van der Waals surface area contributed by atoms with Crippen LogP contribution in [-0.2, 0) is 6.42 Å². The van der Waals surface area contributed by atoms with Gasteiger partial charge in [0.15, 0.2) is 0 Å². The van der Waals surface area contributed by atoms with Crippen LogP contribution in [0.25, 0.3) is 10.8 Å². The summed E-state index contributed by atoms with van der Waals surface area (Å²) in [6, 6.07) is 12.6. The second-order valence-corrected chi connectivity index (χ2v) is 4.15. The van der Waals surface area contributed by atoms with Gasteiger partial charge >= 0.3 is 0 Å². The van der Waals surface area contributed by atoms with Crippen molar-refractivity contribution in [2.75, 3.05) is 6.54 Å². The normalized spacial score (nSPS) is 10.7. The maximum absolute atomic E-state index is 5.58. The number of rotatable bonds is 2. The van der Waals surface area contributed by atoms with Crippen LogP contribution in [-0.4, -0.2) is 6.54 Å². The zero-order valence-corrected chi connectivity index (χ0v) is 9.42. The Balaban J connectivity index is 2.68. The topological polar surface area (TPSA) is 26.0 Å². The second-order valence-electron chi connectivity index (χ2n) is 3.29. The summed E-state index contributed by atoms with van der Waals surface area (Å²) in [5.41, 5.74) is 6.90. The maximum Gasteiger partial charge on any atom is 0.0253 e. The third-order valence-electron chi connectivity index (χ3n) is 2.37. The fraction of sp³-hybridized carbons (Fsp3) is 0.167. The Morgan fingerprint density at radius 3 is 2.50 bits per heavy atom. The van der Waals surface area contributed by atoms with Gasteiger partial charge in [0, 0.05) is 4.47 Å². The van der Waals surface area contributed by atoms with Gasteiger partial charge in [-0.25, -0.2) is 0 Å². The fourth-order valence-corrected chi connectivity index (χ4v) is 2.21. The summed E-state index contributed by atoms with van der Waals surface area (Å²) in [6.07, 6.45) is 0.938. The van der Waals surface area contributed by atoms with Gasteiger partial charge in [-0.3, -0.25) is 0 Å². The molecule has 0 saturated heterocycles. The fourth-order valence-electron chi connectivity index (χ4n) is 1.71. The molecule has 0 saturated carbocycles. The Kier molecular flexibility index (Phi) is 2.85. The summed E-state index contributed by atoms with van der Waals surface area (Å²) in [7, 11) is 0. The quantitative estimate of drug-likeness (QED) is 0.870. The summed E-state index contributed by atoms with van der Waals surface area (Å²) in [5, 5.41) is 2.56. The van der Waals surface area contributed by atoms with Crippen LogP contribution < -0.4 is 5.73 Å². The third kappa shape index (κ3) is 1.68. The Hall–Kier alpha value is -0.860. The molecule has 1 nitrogen and oxygen atoms in total. The maximum atomic E-state index is 5.58. The first kappa shape index (κ1) is 9.69. The highest BCUT2D eigenvalue weighted by molar-refractivity contribution is 9.10. The predicted octanol–water partition coefficient (Wildman–Crippen LogP) is 3.10. The molecule has 2 N–H and O–H groups in total. The molecule has 0 aliphatic rings. The molecule has 14 heavy (non-hydrogen) atoms. The molecule has 0 aromatic heterocycles. The van der Waals surface area contributed by atoms with E-state index in [0.717, 1.165) is 10.9 Å². The smallest absolute Gasteiger partial charge is 0.0253 e. The standard InChI is InChI=1S/C12H12BrN/c13-12-6-2-4-10-9(7-8-14)3-1-5-11(10)12/h1-6H,7-8,14H2. The van der Waals surface area contributed by atoms with Crippen molar-refractivity contribution in [2.45, 2.75) is 6.42 Å². The van der Waals surface area contributed by atoms with Gasteiger partial charge in [-0.15, -0.1) is 0 Å². The number of hydrogen-bond donors (Lipinski definition) is 1. The van der Waals surface area contributed by atoms with E-state index in [-0.39, 0.29) is 0 Å². The summed E-state index contributed by atoms with van der Waals surface area (Å²) in [4.78, 5) is 0. The molecule has 0 amide bonds. The largest absolute Gasteiger partial charge is 0.330 e. The van der Waals surface area contributed by atoms with Crippen molar-refractivity contribution in [3.05, 3.63) is 46.4 Å². The van der Waals surface area contributed by atoms with E-state index >= 15 is 0 Å². The van der Waals surface area contributed by atoms with Gasteiger partial charge in [-0.05, 0) is 35.4 Å². The molecule has 2 aromatic rings. The van der Waals surface area contributed by atoms with Gasteiger partial charge in [0.2, 0.25) is 0 Å². The zero-order chi connectivity index (χ0) is 9.97.